The van der Waals surface area contributed by atoms with Crippen molar-refractivity contribution in [1.29, 1.82) is 0 Å². The Kier molecular flexibility index (Phi) is 4.31. The maximum atomic E-state index is 12.8. The standard InChI is InChI=1S/C14H18FNO2/c1-10(11-2-4-13(15)5-3-11)16-14(17)12-6-8-18-9-7-12/h2-5,10,12H,6-9H2,1H3,(H,16,17)/t10-/m0/s1. The Balaban J connectivity index is 1.91. The first kappa shape index (κ1) is 13.0. The summed E-state index contributed by atoms with van der Waals surface area (Å²) < 4.78 is 18.0. The minimum atomic E-state index is -0.262. The number of halogens is 1. The molecule has 1 aromatic rings. The number of hydrogen-bond donors (Lipinski definition) is 1. The molecular formula is C14H18FNO2. The highest BCUT2D eigenvalue weighted by Gasteiger charge is 2.22. The molecule has 1 aliphatic rings. The summed E-state index contributed by atoms with van der Waals surface area (Å²) in [6.07, 6.45) is 1.56. The predicted molar refractivity (Wildman–Crippen MR) is 66.5 cm³/mol. The molecule has 1 fully saturated rings. The lowest BCUT2D eigenvalue weighted by Gasteiger charge is -2.23. The number of carbonyl (C=O) groups is 1. The van der Waals surface area contributed by atoms with Crippen molar-refractivity contribution < 1.29 is 13.9 Å². The highest BCUT2D eigenvalue weighted by atomic mass is 19.1. The van der Waals surface area contributed by atoms with E-state index in [1.807, 2.05) is 6.92 Å². The summed E-state index contributed by atoms with van der Waals surface area (Å²) in [4.78, 5) is 12.0. The highest BCUT2D eigenvalue weighted by Crippen LogP contribution is 2.18. The number of hydrogen-bond acceptors (Lipinski definition) is 2. The summed E-state index contributed by atoms with van der Waals surface area (Å²) in [5.74, 6) is -0.154. The molecule has 3 nitrogen and oxygen atoms in total. The van der Waals surface area contributed by atoms with E-state index in [4.69, 9.17) is 4.74 Å². The lowest BCUT2D eigenvalue weighted by molar-refractivity contribution is -0.128. The zero-order chi connectivity index (χ0) is 13.0. The van der Waals surface area contributed by atoms with Crippen LogP contribution in [0.4, 0.5) is 4.39 Å². The molecule has 0 bridgehead atoms. The largest absolute Gasteiger partial charge is 0.381 e. The molecule has 18 heavy (non-hydrogen) atoms. The van der Waals surface area contributed by atoms with E-state index >= 15 is 0 Å². The van der Waals surface area contributed by atoms with Gasteiger partial charge in [-0.05, 0) is 37.5 Å². The van der Waals surface area contributed by atoms with Crippen LogP contribution >= 0.6 is 0 Å². The maximum Gasteiger partial charge on any atom is 0.223 e. The van der Waals surface area contributed by atoms with Crippen LogP contribution < -0.4 is 5.32 Å². The summed E-state index contributed by atoms with van der Waals surface area (Å²) in [6.45, 7) is 3.22. The second-order valence-electron chi connectivity index (χ2n) is 4.67. The number of benzene rings is 1. The number of carbonyl (C=O) groups excluding carboxylic acids is 1. The van der Waals surface area contributed by atoms with Crippen molar-refractivity contribution in [3.05, 3.63) is 35.6 Å². The van der Waals surface area contributed by atoms with Crippen molar-refractivity contribution in [3.8, 4) is 0 Å². The number of ether oxygens (including phenoxy) is 1. The van der Waals surface area contributed by atoms with Gasteiger partial charge in [0.05, 0.1) is 6.04 Å². The Morgan fingerprint density at radius 3 is 2.56 bits per heavy atom. The smallest absolute Gasteiger partial charge is 0.223 e. The minimum absolute atomic E-state index is 0.0432. The van der Waals surface area contributed by atoms with Crippen molar-refractivity contribution in [3.63, 3.8) is 0 Å². The molecule has 4 heteroatoms. The van der Waals surface area contributed by atoms with Gasteiger partial charge in [-0.15, -0.1) is 0 Å². The summed E-state index contributed by atoms with van der Waals surface area (Å²) >= 11 is 0. The molecule has 1 heterocycles. The highest BCUT2D eigenvalue weighted by molar-refractivity contribution is 5.79. The Labute approximate surface area is 106 Å². The second-order valence-corrected chi connectivity index (χ2v) is 4.67. The molecule has 1 saturated heterocycles. The van der Waals surface area contributed by atoms with Crippen LogP contribution in [0.1, 0.15) is 31.4 Å². The number of nitrogens with one attached hydrogen (secondary N) is 1. The molecule has 0 aliphatic carbocycles. The molecule has 0 saturated carbocycles. The van der Waals surface area contributed by atoms with Crippen molar-refractivity contribution in [1.82, 2.24) is 5.32 Å². The molecule has 98 valence electrons. The summed E-state index contributed by atoms with van der Waals surface area (Å²) in [6, 6.07) is 6.12. The SMILES string of the molecule is C[C@H](NC(=O)C1CCOCC1)c1ccc(F)cc1. The van der Waals surface area contributed by atoms with Crippen LogP contribution in [0.25, 0.3) is 0 Å². The van der Waals surface area contributed by atoms with Gasteiger partial charge in [-0.25, -0.2) is 4.39 Å². The fourth-order valence-electron chi connectivity index (χ4n) is 2.13. The van der Waals surface area contributed by atoms with E-state index in [1.54, 1.807) is 12.1 Å². The van der Waals surface area contributed by atoms with E-state index in [2.05, 4.69) is 5.32 Å². The first-order chi connectivity index (χ1) is 8.66. The second kappa shape index (κ2) is 5.96. The Bertz CT molecular complexity index is 399. The van der Waals surface area contributed by atoms with Gasteiger partial charge < -0.3 is 10.1 Å². The molecule has 1 aliphatic heterocycles. The third kappa shape index (κ3) is 3.29. The molecule has 2 rings (SSSR count). The minimum Gasteiger partial charge on any atom is -0.381 e. The van der Waals surface area contributed by atoms with E-state index in [1.165, 1.54) is 12.1 Å². The molecule has 1 N–H and O–H groups in total. The van der Waals surface area contributed by atoms with Gasteiger partial charge in [-0.3, -0.25) is 4.79 Å². The zero-order valence-electron chi connectivity index (χ0n) is 10.5. The maximum absolute atomic E-state index is 12.8. The monoisotopic (exact) mass is 251 g/mol. The third-order valence-corrected chi connectivity index (χ3v) is 3.32. The fourth-order valence-corrected chi connectivity index (χ4v) is 2.13. The molecule has 0 radical (unpaired) electrons. The predicted octanol–water partition coefficient (Wildman–Crippen LogP) is 2.43. The molecule has 0 unspecified atom stereocenters. The van der Waals surface area contributed by atoms with Crippen LogP contribution in [0.3, 0.4) is 0 Å². The van der Waals surface area contributed by atoms with E-state index < -0.39 is 0 Å². The first-order valence-corrected chi connectivity index (χ1v) is 6.30. The Morgan fingerprint density at radius 1 is 1.33 bits per heavy atom. The van der Waals surface area contributed by atoms with Crippen LogP contribution in [0, 0.1) is 11.7 Å². The lowest BCUT2D eigenvalue weighted by atomic mass is 9.98. The van der Waals surface area contributed by atoms with Gasteiger partial charge in [-0.2, -0.15) is 0 Å². The number of rotatable bonds is 3. The van der Waals surface area contributed by atoms with E-state index in [0.717, 1.165) is 18.4 Å². The molecular weight excluding hydrogens is 233 g/mol. The van der Waals surface area contributed by atoms with Crippen LogP contribution in [-0.4, -0.2) is 19.1 Å². The topological polar surface area (TPSA) is 38.3 Å². The van der Waals surface area contributed by atoms with Gasteiger partial charge in [0, 0.05) is 19.1 Å². The molecule has 0 aromatic heterocycles. The summed E-state index contributed by atoms with van der Waals surface area (Å²) in [7, 11) is 0. The van der Waals surface area contributed by atoms with Gasteiger partial charge in [0.15, 0.2) is 0 Å². The first-order valence-electron chi connectivity index (χ1n) is 6.30. The van der Waals surface area contributed by atoms with Gasteiger partial charge in [0.1, 0.15) is 5.82 Å². The lowest BCUT2D eigenvalue weighted by Crippen LogP contribution is -2.35. The fraction of sp³-hybridized carbons (Fsp3) is 0.500. The zero-order valence-corrected chi connectivity index (χ0v) is 10.5. The molecule has 1 amide bonds. The van der Waals surface area contributed by atoms with E-state index in [9.17, 15) is 9.18 Å². The van der Waals surface area contributed by atoms with Gasteiger partial charge >= 0.3 is 0 Å². The van der Waals surface area contributed by atoms with E-state index in [0.29, 0.717) is 13.2 Å². The third-order valence-electron chi connectivity index (χ3n) is 3.32. The number of amides is 1. The van der Waals surface area contributed by atoms with Gasteiger partial charge in [-0.1, -0.05) is 12.1 Å². The normalized spacial score (nSPS) is 18.3. The van der Waals surface area contributed by atoms with Gasteiger partial charge in [0.25, 0.3) is 0 Å². The average molecular weight is 251 g/mol. The van der Waals surface area contributed by atoms with Gasteiger partial charge in [0.2, 0.25) is 5.91 Å². The summed E-state index contributed by atoms with van der Waals surface area (Å²) in [5.41, 5.74) is 0.914. The molecule has 0 spiro atoms. The Morgan fingerprint density at radius 2 is 1.94 bits per heavy atom. The van der Waals surface area contributed by atoms with Crippen LogP contribution in [0.15, 0.2) is 24.3 Å². The van der Waals surface area contributed by atoms with Crippen LogP contribution in [0.2, 0.25) is 0 Å². The molecule has 1 aromatic carbocycles. The van der Waals surface area contributed by atoms with Crippen molar-refractivity contribution >= 4 is 5.91 Å². The quantitative estimate of drug-likeness (QED) is 0.896. The van der Waals surface area contributed by atoms with Crippen LogP contribution in [0.5, 0.6) is 0 Å². The summed E-state index contributed by atoms with van der Waals surface area (Å²) in [5, 5.41) is 2.97. The van der Waals surface area contributed by atoms with Crippen LogP contribution in [-0.2, 0) is 9.53 Å². The van der Waals surface area contributed by atoms with Crippen molar-refractivity contribution in [2.24, 2.45) is 5.92 Å². The average Bonchev–Trinajstić information content (AvgIpc) is 2.40. The molecule has 1 atom stereocenters. The van der Waals surface area contributed by atoms with Crippen molar-refractivity contribution in [2.75, 3.05) is 13.2 Å². The van der Waals surface area contributed by atoms with Crippen molar-refractivity contribution in [2.45, 2.75) is 25.8 Å². The Hall–Kier alpha value is -1.42. The van der Waals surface area contributed by atoms with E-state index in [-0.39, 0.29) is 23.7 Å².